The predicted octanol–water partition coefficient (Wildman–Crippen LogP) is 1.63. The van der Waals surface area contributed by atoms with Gasteiger partial charge in [-0.3, -0.25) is 14.9 Å². The molecule has 0 atom stereocenters. The number of benzene rings is 1. The van der Waals surface area contributed by atoms with Crippen molar-refractivity contribution in [2.24, 2.45) is 0 Å². The molecule has 0 unspecified atom stereocenters. The molecule has 2 rings (SSSR count). The first kappa shape index (κ1) is 10.0. The molecular formula is C10H5BrFNO2. The normalized spacial score (nSPS) is 15.2. The largest absolute Gasteiger partial charge is 0.289 e. The van der Waals surface area contributed by atoms with E-state index in [0.717, 1.165) is 6.08 Å². The van der Waals surface area contributed by atoms with E-state index in [2.05, 4.69) is 21.2 Å². The summed E-state index contributed by atoms with van der Waals surface area (Å²) in [5, 5.41) is 2.09. The Morgan fingerprint density at radius 1 is 1.27 bits per heavy atom. The van der Waals surface area contributed by atoms with Crippen LogP contribution < -0.4 is 5.32 Å². The second-order valence-electron chi connectivity index (χ2n) is 3.01. The second kappa shape index (κ2) is 3.58. The molecule has 15 heavy (non-hydrogen) atoms. The van der Waals surface area contributed by atoms with Gasteiger partial charge in [0.1, 0.15) is 5.82 Å². The van der Waals surface area contributed by atoms with Crippen LogP contribution in [0.2, 0.25) is 0 Å². The van der Waals surface area contributed by atoms with E-state index in [1.807, 2.05) is 0 Å². The molecule has 0 bridgehead atoms. The maximum atomic E-state index is 13.2. The Labute approximate surface area is 93.1 Å². The van der Waals surface area contributed by atoms with Crippen molar-refractivity contribution in [2.75, 3.05) is 0 Å². The van der Waals surface area contributed by atoms with Gasteiger partial charge in [0.15, 0.2) is 0 Å². The Balaban J connectivity index is 2.47. The maximum Gasteiger partial charge on any atom is 0.258 e. The number of amides is 2. The lowest BCUT2D eigenvalue weighted by molar-refractivity contribution is -0.123. The van der Waals surface area contributed by atoms with Crippen LogP contribution >= 0.6 is 15.9 Å². The third-order valence-corrected chi connectivity index (χ3v) is 2.63. The molecule has 1 aromatic carbocycles. The number of halogens is 2. The minimum Gasteiger partial charge on any atom is -0.289 e. The number of hydrogen-bond acceptors (Lipinski definition) is 2. The first-order valence-electron chi connectivity index (χ1n) is 4.10. The van der Waals surface area contributed by atoms with Crippen LogP contribution in [0.5, 0.6) is 0 Å². The molecule has 0 saturated heterocycles. The van der Waals surface area contributed by atoms with Crippen LogP contribution in [0, 0.1) is 5.82 Å². The van der Waals surface area contributed by atoms with Gasteiger partial charge in [-0.05, 0) is 33.6 Å². The quantitative estimate of drug-likeness (QED) is 0.788. The van der Waals surface area contributed by atoms with Crippen molar-refractivity contribution >= 4 is 33.3 Å². The van der Waals surface area contributed by atoms with Crippen molar-refractivity contribution in [3.63, 3.8) is 0 Å². The zero-order valence-corrected chi connectivity index (χ0v) is 8.97. The number of nitrogens with one attached hydrogen (secondary N) is 1. The van der Waals surface area contributed by atoms with Crippen LogP contribution in [-0.2, 0) is 9.59 Å². The van der Waals surface area contributed by atoms with Crippen molar-refractivity contribution in [3.8, 4) is 0 Å². The van der Waals surface area contributed by atoms with Gasteiger partial charge in [0.25, 0.3) is 11.8 Å². The zero-order chi connectivity index (χ0) is 11.0. The second-order valence-corrected chi connectivity index (χ2v) is 3.86. The van der Waals surface area contributed by atoms with Crippen molar-refractivity contribution in [1.29, 1.82) is 0 Å². The first-order chi connectivity index (χ1) is 7.08. The fraction of sp³-hybridized carbons (Fsp3) is 0. The summed E-state index contributed by atoms with van der Waals surface area (Å²) in [4.78, 5) is 22.1. The minimum absolute atomic E-state index is 0.186. The minimum atomic E-state index is -0.498. The molecule has 0 radical (unpaired) electrons. The van der Waals surface area contributed by atoms with Crippen LogP contribution in [0.25, 0.3) is 5.57 Å². The summed E-state index contributed by atoms with van der Waals surface area (Å²) in [5.74, 6) is -1.44. The van der Waals surface area contributed by atoms with Gasteiger partial charge >= 0.3 is 0 Å². The highest BCUT2D eigenvalue weighted by atomic mass is 79.9. The lowest BCUT2D eigenvalue weighted by atomic mass is 10.1. The number of rotatable bonds is 1. The van der Waals surface area contributed by atoms with Gasteiger partial charge < -0.3 is 0 Å². The average molecular weight is 270 g/mol. The highest BCUT2D eigenvalue weighted by Crippen LogP contribution is 2.23. The lowest BCUT2D eigenvalue weighted by Crippen LogP contribution is -2.21. The molecule has 0 spiro atoms. The predicted molar refractivity (Wildman–Crippen MR) is 55.2 cm³/mol. The summed E-state index contributed by atoms with van der Waals surface area (Å²) in [6.45, 7) is 0. The molecule has 1 aliphatic heterocycles. The molecular weight excluding hydrogens is 265 g/mol. The van der Waals surface area contributed by atoms with Gasteiger partial charge in [0, 0.05) is 6.08 Å². The highest BCUT2D eigenvalue weighted by molar-refractivity contribution is 9.10. The van der Waals surface area contributed by atoms with E-state index < -0.39 is 17.6 Å². The molecule has 0 saturated carbocycles. The smallest absolute Gasteiger partial charge is 0.258 e. The standard InChI is InChI=1S/C10H5BrFNO2/c11-7-2-1-5(3-8(7)12)6-4-9(14)13-10(6)15/h1-4H,(H,13,14,15). The van der Waals surface area contributed by atoms with E-state index in [9.17, 15) is 14.0 Å². The van der Waals surface area contributed by atoms with Crippen molar-refractivity contribution in [2.45, 2.75) is 0 Å². The molecule has 0 aliphatic carbocycles. The summed E-state index contributed by atoms with van der Waals surface area (Å²) in [5.41, 5.74) is 0.574. The molecule has 3 nitrogen and oxygen atoms in total. The third kappa shape index (κ3) is 1.83. The molecule has 1 heterocycles. The summed E-state index contributed by atoms with van der Waals surface area (Å²) in [6, 6.07) is 4.26. The summed E-state index contributed by atoms with van der Waals surface area (Å²) < 4.78 is 13.5. The molecule has 5 heteroatoms. The Bertz CT molecular complexity index is 496. The van der Waals surface area contributed by atoms with Crippen LogP contribution in [0.1, 0.15) is 5.56 Å². The Morgan fingerprint density at radius 2 is 2.00 bits per heavy atom. The monoisotopic (exact) mass is 269 g/mol. The number of carbonyl (C=O) groups is 2. The molecule has 76 valence electrons. The van der Waals surface area contributed by atoms with E-state index in [1.54, 1.807) is 6.07 Å². The van der Waals surface area contributed by atoms with Crippen molar-refractivity contribution in [1.82, 2.24) is 5.32 Å². The van der Waals surface area contributed by atoms with Gasteiger partial charge in [-0.25, -0.2) is 4.39 Å². The number of hydrogen-bond donors (Lipinski definition) is 1. The fourth-order valence-electron chi connectivity index (χ4n) is 1.29. The Kier molecular flexibility index (Phi) is 2.40. The molecule has 1 N–H and O–H groups in total. The van der Waals surface area contributed by atoms with E-state index in [-0.39, 0.29) is 5.57 Å². The van der Waals surface area contributed by atoms with Crippen molar-refractivity contribution in [3.05, 3.63) is 40.1 Å². The molecule has 2 amide bonds. The average Bonchev–Trinajstić information content (AvgIpc) is 2.50. The van der Waals surface area contributed by atoms with Crippen LogP contribution in [-0.4, -0.2) is 11.8 Å². The van der Waals surface area contributed by atoms with E-state index in [0.29, 0.717) is 10.0 Å². The Hall–Kier alpha value is -1.49. The first-order valence-corrected chi connectivity index (χ1v) is 4.89. The fourth-order valence-corrected chi connectivity index (χ4v) is 1.54. The van der Waals surface area contributed by atoms with E-state index in [4.69, 9.17) is 0 Å². The molecule has 1 aromatic rings. The summed E-state index contributed by atoms with van der Waals surface area (Å²) in [7, 11) is 0. The number of imide groups is 1. The van der Waals surface area contributed by atoms with Crippen LogP contribution in [0.15, 0.2) is 28.7 Å². The summed E-state index contributed by atoms with van der Waals surface area (Å²) in [6.07, 6.45) is 1.16. The zero-order valence-electron chi connectivity index (χ0n) is 7.38. The van der Waals surface area contributed by atoms with Gasteiger partial charge in [-0.15, -0.1) is 0 Å². The van der Waals surface area contributed by atoms with Crippen LogP contribution in [0.3, 0.4) is 0 Å². The SMILES string of the molecule is O=C1C=C(c2ccc(Br)c(F)c2)C(=O)N1. The van der Waals surface area contributed by atoms with Gasteiger partial charge in [-0.2, -0.15) is 0 Å². The maximum absolute atomic E-state index is 13.2. The van der Waals surface area contributed by atoms with Gasteiger partial charge in [0.2, 0.25) is 0 Å². The third-order valence-electron chi connectivity index (χ3n) is 1.99. The highest BCUT2D eigenvalue weighted by Gasteiger charge is 2.22. The molecule has 0 aromatic heterocycles. The topological polar surface area (TPSA) is 46.2 Å². The van der Waals surface area contributed by atoms with Gasteiger partial charge in [0.05, 0.1) is 10.0 Å². The molecule has 1 aliphatic rings. The van der Waals surface area contributed by atoms with E-state index >= 15 is 0 Å². The molecule has 0 fully saturated rings. The number of carbonyl (C=O) groups excluding carboxylic acids is 2. The van der Waals surface area contributed by atoms with E-state index in [1.165, 1.54) is 12.1 Å². The lowest BCUT2D eigenvalue weighted by Gasteiger charge is -2.01. The Morgan fingerprint density at radius 3 is 2.53 bits per heavy atom. The summed E-state index contributed by atoms with van der Waals surface area (Å²) >= 11 is 3.00. The van der Waals surface area contributed by atoms with Gasteiger partial charge in [-0.1, -0.05) is 6.07 Å². The van der Waals surface area contributed by atoms with Crippen LogP contribution in [0.4, 0.5) is 4.39 Å². The van der Waals surface area contributed by atoms with Crippen molar-refractivity contribution < 1.29 is 14.0 Å².